The van der Waals surface area contributed by atoms with Crippen LogP contribution in [-0.2, 0) is 11.2 Å². The molecule has 2 N–H and O–H groups in total. The number of carboxylic acid groups (broad SMARTS) is 1. The summed E-state index contributed by atoms with van der Waals surface area (Å²) >= 11 is 0. The molecule has 2 aromatic rings. The van der Waals surface area contributed by atoms with Crippen molar-refractivity contribution in [2.45, 2.75) is 32.1 Å². The zero-order chi connectivity index (χ0) is 13.4. The van der Waals surface area contributed by atoms with Crippen molar-refractivity contribution < 1.29 is 14.6 Å². The first-order valence-corrected chi connectivity index (χ1v) is 6.70. The van der Waals surface area contributed by atoms with Gasteiger partial charge in [-0.1, -0.05) is 0 Å². The Labute approximate surface area is 111 Å². The fraction of sp³-hybridized carbons (Fsp3) is 0.400. The number of benzene rings is 1. The molecule has 1 aromatic carbocycles. The lowest BCUT2D eigenvalue weighted by Crippen LogP contribution is -2.17. The number of H-pyrrole nitrogens is 1. The number of hydrogen-bond donors (Lipinski definition) is 2. The summed E-state index contributed by atoms with van der Waals surface area (Å²) in [7, 11) is 0. The fourth-order valence-corrected chi connectivity index (χ4v) is 2.97. The molecule has 1 aliphatic carbocycles. The minimum absolute atomic E-state index is 0.394. The summed E-state index contributed by atoms with van der Waals surface area (Å²) in [4.78, 5) is 14.8. The van der Waals surface area contributed by atoms with Crippen molar-refractivity contribution >= 4 is 16.9 Å². The van der Waals surface area contributed by atoms with E-state index in [9.17, 15) is 9.90 Å². The fourth-order valence-electron chi connectivity index (χ4n) is 2.97. The molecule has 0 spiro atoms. The van der Waals surface area contributed by atoms with E-state index in [1.165, 1.54) is 0 Å². The SMILES string of the molecule is CCOc1ccc2[nH]c3c(c2c1)C(C(=O)O)CCC3. The number of aliphatic carboxylic acids is 1. The van der Waals surface area contributed by atoms with Crippen LogP contribution >= 0.6 is 0 Å². The topological polar surface area (TPSA) is 62.3 Å². The number of fused-ring (bicyclic) bond motifs is 3. The molecule has 0 radical (unpaired) electrons. The number of aromatic amines is 1. The van der Waals surface area contributed by atoms with Gasteiger partial charge in [-0.05, 0) is 49.9 Å². The first-order valence-electron chi connectivity index (χ1n) is 6.70. The van der Waals surface area contributed by atoms with Crippen molar-refractivity contribution in [3.8, 4) is 5.75 Å². The number of carboxylic acids is 1. The molecular formula is C15H17NO3. The highest BCUT2D eigenvalue weighted by molar-refractivity contribution is 5.92. The molecule has 4 heteroatoms. The average molecular weight is 259 g/mol. The molecular weight excluding hydrogens is 242 g/mol. The standard InChI is InChI=1S/C15H17NO3/c1-2-19-9-6-7-12-11(8-9)14-10(15(17)18)4-3-5-13(14)16-12/h6-8,10,16H,2-5H2,1H3,(H,17,18). The Bertz CT molecular complexity index is 630. The number of hydrogen-bond acceptors (Lipinski definition) is 2. The average Bonchev–Trinajstić information content (AvgIpc) is 2.76. The Morgan fingerprint density at radius 1 is 1.53 bits per heavy atom. The van der Waals surface area contributed by atoms with Crippen LogP contribution in [-0.4, -0.2) is 22.7 Å². The Morgan fingerprint density at radius 3 is 3.11 bits per heavy atom. The Morgan fingerprint density at radius 2 is 2.37 bits per heavy atom. The maximum absolute atomic E-state index is 11.4. The van der Waals surface area contributed by atoms with Gasteiger partial charge in [-0.2, -0.15) is 0 Å². The smallest absolute Gasteiger partial charge is 0.311 e. The number of aromatic nitrogens is 1. The molecule has 1 heterocycles. The summed E-state index contributed by atoms with van der Waals surface area (Å²) in [6.07, 6.45) is 2.57. The lowest BCUT2D eigenvalue weighted by molar-refractivity contribution is -0.139. The second-order valence-electron chi connectivity index (χ2n) is 4.94. The lowest BCUT2D eigenvalue weighted by atomic mass is 9.85. The molecule has 100 valence electrons. The zero-order valence-corrected chi connectivity index (χ0v) is 10.9. The van der Waals surface area contributed by atoms with Gasteiger partial charge in [0.05, 0.1) is 12.5 Å². The van der Waals surface area contributed by atoms with E-state index < -0.39 is 11.9 Å². The summed E-state index contributed by atoms with van der Waals surface area (Å²) in [6, 6.07) is 5.84. The zero-order valence-electron chi connectivity index (χ0n) is 10.9. The first kappa shape index (κ1) is 12.1. The monoisotopic (exact) mass is 259 g/mol. The van der Waals surface area contributed by atoms with Crippen LogP contribution in [0.1, 0.15) is 36.9 Å². The summed E-state index contributed by atoms with van der Waals surface area (Å²) in [5, 5.41) is 10.4. The third-order valence-corrected chi connectivity index (χ3v) is 3.77. The maximum atomic E-state index is 11.4. The normalized spacial score (nSPS) is 18.3. The van der Waals surface area contributed by atoms with Crippen molar-refractivity contribution in [2.24, 2.45) is 0 Å². The van der Waals surface area contributed by atoms with Crippen molar-refractivity contribution in [1.82, 2.24) is 4.98 Å². The van der Waals surface area contributed by atoms with Gasteiger partial charge in [-0.3, -0.25) is 4.79 Å². The van der Waals surface area contributed by atoms with Crippen LogP contribution in [0.5, 0.6) is 5.75 Å². The molecule has 19 heavy (non-hydrogen) atoms. The summed E-state index contributed by atoms with van der Waals surface area (Å²) in [5.74, 6) is -0.329. The van der Waals surface area contributed by atoms with Gasteiger partial charge in [0.1, 0.15) is 5.75 Å². The predicted octanol–water partition coefficient (Wildman–Crippen LogP) is 3.07. The summed E-state index contributed by atoms with van der Waals surface area (Å²) in [5.41, 5.74) is 3.03. The molecule has 1 unspecified atom stereocenters. The summed E-state index contributed by atoms with van der Waals surface area (Å²) < 4.78 is 5.51. The first-order chi connectivity index (χ1) is 9.20. The third kappa shape index (κ3) is 1.97. The minimum Gasteiger partial charge on any atom is -0.494 e. The van der Waals surface area contributed by atoms with Gasteiger partial charge in [0, 0.05) is 16.6 Å². The van der Waals surface area contributed by atoms with Crippen LogP contribution in [0.4, 0.5) is 0 Å². The molecule has 0 aliphatic heterocycles. The van der Waals surface area contributed by atoms with E-state index in [0.29, 0.717) is 13.0 Å². The maximum Gasteiger partial charge on any atom is 0.311 e. The molecule has 0 amide bonds. The highest BCUT2D eigenvalue weighted by Gasteiger charge is 2.29. The predicted molar refractivity (Wildman–Crippen MR) is 72.8 cm³/mol. The molecule has 4 nitrogen and oxygen atoms in total. The van der Waals surface area contributed by atoms with Crippen LogP contribution in [0.3, 0.4) is 0 Å². The van der Waals surface area contributed by atoms with Crippen molar-refractivity contribution in [3.05, 3.63) is 29.5 Å². The Hall–Kier alpha value is -1.97. The van der Waals surface area contributed by atoms with E-state index in [1.54, 1.807) is 0 Å². The van der Waals surface area contributed by atoms with E-state index in [-0.39, 0.29) is 0 Å². The number of nitrogens with one attached hydrogen (secondary N) is 1. The quantitative estimate of drug-likeness (QED) is 0.890. The number of ether oxygens (including phenoxy) is 1. The van der Waals surface area contributed by atoms with E-state index in [1.807, 2.05) is 25.1 Å². The van der Waals surface area contributed by atoms with Crippen LogP contribution < -0.4 is 4.74 Å². The van der Waals surface area contributed by atoms with E-state index >= 15 is 0 Å². The van der Waals surface area contributed by atoms with Gasteiger partial charge in [0.25, 0.3) is 0 Å². The second kappa shape index (κ2) is 4.61. The molecule has 1 atom stereocenters. The lowest BCUT2D eigenvalue weighted by Gasteiger charge is -2.19. The van der Waals surface area contributed by atoms with Crippen LogP contribution in [0.25, 0.3) is 10.9 Å². The third-order valence-electron chi connectivity index (χ3n) is 3.77. The molecule has 1 aliphatic rings. The molecule has 0 saturated heterocycles. The number of carbonyl (C=O) groups is 1. The Kier molecular flexibility index (Phi) is 2.93. The number of rotatable bonds is 3. The van der Waals surface area contributed by atoms with Crippen LogP contribution in [0.15, 0.2) is 18.2 Å². The van der Waals surface area contributed by atoms with Crippen molar-refractivity contribution in [1.29, 1.82) is 0 Å². The van der Waals surface area contributed by atoms with E-state index in [0.717, 1.165) is 40.8 Å². The molecule has 0 bridgehead atoms. The van der Waals surface area contributed by atoms with Crippen LogP contribution in [0, 0.1) is 0 Å². The second-order valence-corrected chi connectivity index (χ2v) is 4.94. The molecule has 0 fully saturated rings. The summed E-state index contributed by atoms with van der Waals surface area (Å²) in [6.45, 7) is 2.55. The highest BCUT2D eigenvalue weighted by atomic mass is 16.5. The molecule has 0 saturated carbocycles. The minimum atomic E-state index is -0.733. The van der Waals surface area contributed by atoms with Gasteiger partial charge in [-0.25, -0.2) is 0 Å². The van der Waals surface area contributed by atoms with E-state index in [4.69, 9.17) is 4.74 Å². The van der Waals surface area contributed by atoms with Crippen LogP contribution in [0.2, 0.25) is 0 Å². The van der Waals surface area contributed by atoms with Gasteiger partial charge < -0.3 is 14.8 Å². The Balaban J connectivity index is 2.17. The molecule has 1 aromatic heterocycles. The largest absolute Gasteiger partial charge is 0.494 e. The van der Waals surface area contributed by atoms with Gasteiger partial charge in [0.2, 0.25) is 0 Å². The number of aryl methyl sites for hydroxylation is 1. The van der Waals surface area contributed by atoms with Gasteiger partial charge in [0.15, 0.2) is 0 Å². The highest BCUT2D eigenvalue weighted by Crippen LogP contribution is 2.38. The van der Waals surface area contributed by atoms with Gasteiger partial charge in [-0.15, -0.1) is 0 Å². The van der Waals surface area contributed by atoms with Gasteiger partial charge >= 0.3 is 5.97 Å². The van der Waals surface area contributed by atoms with Crippen molar-refractivity contribution in [2.75, 3.05) is 6.61 Å². The van der Waals surface area contributed by atoms with Crippen molar-refractivity contribution in [3.63, 3.8) is 0 Å². The molecule has 3 rings (SSSR count). The van der Waals surface area contributed by atoms with E-state index in [2.05, 4.69) is 4.98 Å².